The number of esters is 2. The number of ether oxygens (including phenoxy) is 2. The van der Waals surface area contributed by atoms with E-state index in [4.69, 9.17) is 32.7 Å². The lowest BCUT2D eigenvalue weighted by atomic mass is 10.2. The Morgan fingerprint density at radius 1 is 0.963 bits per heavy atom. The summed E-state index contributed by atoms with van der Waals surface area (Å²) >= 11 is 11.9. The highest BCUT2D eigenvalue weighted by molar-refractivity contribution is 6.42. The number of nitrogens with one attached hydrogen (secondary N) is 1. The summed E-state index contributed by atoms with van der Waals surface area (Å²) in [5.41, 5.74) is 0.505. The molecule has 0 spiro atoms. The maximum atomic E-state index is 12.4. The van der Waals surface area contributed by atoms with Crippen molar-refractivity contribution in [2.45, 2.75) is 52.4 Å². The number of rotatable bonds is 12. The molecule has 7 heteroatoms. The van der Waals surface area contributed by atoms with Crippen molar-refractivity contribution in [3.05, 3.63) is 40.0 Å². The van der Waals surface area contributed by atoms with Gasteiger partial charge in [-0.25, -0.2) is 9.59 Å². The van der Waals surface area contributed by atoms with Crippen LogP contribution in [0.2, 0.25) is 10.0 Å². The molecular formula is C20H27Cl2NO4. The molecule has 1 aromatic rings. The van der Waals surface area contributed by atoms with E-state index in [2.05, 4.69) is 19.2 Å². The second kappa shape index (κ2) is 13.4. The maximum Gasteiger partial charge on any atom is 0.355 e. The first-order valence-corrected chi connectivity index (χ1v) is 10.0. The number of hydrogen-bond acceptors (Lipinski definition) is 5. The zero-order valence-corrected chi connectivity index (χ0v) is 17.4. The second-order valence-electron chi connectivity index (χ2n) is 6.03. The van der Waals surface area contributed by atoms with Crippen molar-refractivity contribution in [3.63, 3.8) is 0 Å². The Morgan fingerprint density at radius 3 is 2.19 bits per heavy atom. The third-order valence-electron chi connectivity index (χ3n) is 3.65. The van der Waals surface area contributed by atoms with Crippen LogP contribution >= 0.6 is 23.2 Å². The molecule has 5 nitrogen and oxygen atoms in total. The van der Waals surface area contributed by atoms with E-state index in [-0.39, 0.29) is 5.70 Å². The average Bonchev–Trinajstić information content (AvgIpc) is 2.64. The summed E-state index contributed by atoms with van der Waals surface area (Å²) in [5.74, 6) is -1.22. The first-order chi connectivity index (χ1) is 13.0. The lowest BCUT2D eigenvalue weighted by Crippen LogP contribution is -2.18. The normalized spacial score (nSPS) is 11.2. The summed E-state index contributed by atoms with van der Waals surface area (Å²) < 4.78 is 10.4. The van der Waals surface area contributed by atoms with Gasteiger partial charge in [0.2, 0.25) is 0 Å². The van der Waals surface area contributed by atoms with E-state index < -0.39 is 11.9 Å². The smallest absolute Gasteiger partial charge is 0.355 e. The average molecular weight is 416 g/mol. The lowest BCUT2D eigenvalue weighted by Gasteiger charge is -2.12. The van der Waals surface area contributed by atoms with E-state index in [0.717, 1.165) is 44.6 Å². The van der Waals surface area contributed by atoms with Gasteiger partial charge in [-0.1, -0.05) is 62.7 Å². The van der Waals surface area contributed by atoms with Gasteiger partial charge >= 0.3 is 11.9 Å². The predicted molar refractivity (Wildman–Crippen MR) is 109 cm³/mol. The van der Waals surface area contributed by atoms with Crippen LogP contribution in [0, 0.1) is 0 Å². The quantitative estimate of drug-likeness (QED) is 0.267. The van der Waals surface area contributed by atoms with E-state index in [9.17, 15) is 9.59 Å². The Hall–Kier alpha value is -1.72. The minimum absolute atomic E-state index is 0.00891. The molecule has 1 rings (SSSR count). The van der Waals surface area contributed by atoms with Crippen molar-refractivity contribution in [3.8, 4) is 0 Å². The highest BCUT2D eigenvalue weighted by Crippen LogP contribution is 2.25. The third-order valence-corrected chi connectivity index (χ3v) is 4.39. The second-order valence-corrected chi connectivity index (χ2v) is 6.84. The summed E-state index contributed by atoms with van der Waals surface area (Å²) in [7, 11) is 0. The van der Waals surface area contributed by atoms with Crippen molar-refractivity contribution in [1.29, 1.82) is 0 Å². The Kier molecular flexibility index (Phi) is 11.6. The van der Waals surface area contributed by atoms with Gasteiger partial charge in [0.15, 0.2) is 0 Å². The summed E-state index contributed by atoms with van der Waals surface area (Å²) in [6.07, 6.45) is 6.65. The molecule has 0 saturated heterocycles. The van der Waals surface area contributed by atoms with E-state index in [1.807, 2.05) is 0 Å². The van der Waals surface area contributed by atoms with Crippen molar-refractivity contribution < 1.29 is 19.1 Å². The fraction of sp³-hybridized carbons (Fsp3) is 0.500. The molecule has 0 aliphatic carbocycles. The number of halogens is 2. The van der Waals surface area contributed by atoms with Gasteiger partial charge in [-0.3, -0.25) is 0 Å². The van der Waals surface area contributed by atoms with Crippen molar-refractivity contribution in [1.82, 2.24) is 0 Å². The first kappa shape index (κ1) is 23.3. The molecule has 1 N–H and O–H groups in total. The number of benzene rings is 1. The molecule has 0 bridgehead atoms. The molecular weight excluding hydrogens is 389 g/mol. The van der Waals surface area contributed by atoms with Crippen LogP contribution in [0.1, 0.15) is 52.4 Å². The van der Waals surface area contributed by atoms with Gasteiger partial charge in [0.25, 0.3) is 0 Å². The zero-order chi connectivity index (χ0) is 20.1. The largest absolute Gasteiger partial charge is 0.462 e. The molecule has 150 valence electrons. The fourth-order valence-electron chi connectivity index (χ4n) is 2.15. The molecule has 0 fully saturated rings. The molecule has 0 atom stereocenters. The van der Waals surface area contributed by atoms with Crippen LogP contribution < -0.4 is 5.32 Å². The Bertz CT molecular complexity index is 647. The predicted octanol–water partition coefficient (Wildman–Crippen LogP) is 5.76. The molecule has 0 saturated carbocycles. The van der Waals surface area contributed by atoms with Crippen LogP contribution in [0.4, 0.5) is 5.69 Å². The summed E-state index contributed by atoms with van der Waals surface area (Å²) in [6, 6.07) is 4.81. The van der Waals surface area contributed by atoms with Gasteiger partial charge in [0.1, 0.15) is 5.70 Å². The van der Waals surface area contributed by atoms with Gasteiger partial charge in [-0.2, -0.15) is 0 Å². The van der Waals surface area contributed by atoms with Crippen LogP contribution in [0.25, 0.3) is 0 Å². The zero-order valence-electron chi connectivity index (χ0n) is 15.9. The molecule has 0 aromatic heterocycles. The van der Waals surface area contributed by atoms with E-state index in [1.54, 1.807) is 18.2 Å². The van der Waals surface area contributed by atoms with Gasteiger partial charge in [-0.15, -0.1) is 0 Å². The number of carbonyl (C=O) groups is 2. The molecule has 1 aromatic carbocycles. The van der Waals surface area contributed by atoms with E-state index in [0.29, 0.717) is 28.9 Å². The van der Waals surface area contributed by atoms with Crippen LogP contribution in [-0.4, -0.2) is 25.2 Å². The molecule has 0 heterocycles. The van der Waals surface area contributed by atoms with Gasteiger partial charge in [-0.05, 0) is 31.0 Å². The third kappa shape index (κ3) is 9.68. The summed E-state index contributed by atoms with van der Waals surface area (Å²) in [5, 5.41) is 3.59. The number of carbonyl (C=O) groups excluding carboxylic acids is 2. The summed E-state index contributed by atoms with van der Waals surface area (Å²) in [6.45, 7) is 4.73. The standard InChI is InChI=1S/C20H27Cl2NO4/c1-3-5-7-11-26-19(24)14-18(20(25)27-12-8-6-4-2)23-15-9-10-16(21)17(22)13-15/h9-10,13-14,23H,3-8,11-12H2,1-2H3/b18-14-. The fourth-order valence-corrected chi connectivity index (χ4v) is 2.45. The molecule has 0 radical (unpaired) electrons. The van der Waals surface area contributed by atoms with Crippen molar-refractivity contribution >= 4 is 40.8 Å². The highest BCUT2D eigenvalue weighted by Gasteiger charge is 2.15. The molecule has 0 unspecified atom stereocenters. The maximum absolute atomic E-state index is 12.4. The van der Waals surface area contributed by atoms with Crippen molar-refractivity contribution in [2.24, 2.45) is 0 Å². The van der Waals surface area contributed by atoms with E-state index in [1.165, 1.54) is 0 Å². The Balaban J connectivity index is 2.80. The number of anilines is 1. The van der Waals surface area contributed by atoms with Gasteiger partial charge in [0, 0.05) is 5.69 Å². The molecule has 0 aliphatic rings. The van der Waals surface area contributed by atoms with Crippen LogP contribution in [0.15, 0.2) is 30.0 Å². The molecule has 0 amide bonds. The lowest BCUT2D eigenvalue weighted by molar-refractivity contribution is -0.141. The minimum atomic E-state index is -0.623. The topological polar surface area (TPSA) is 64.6 Å². The van der Waals surface area contributed by atoms with Crippen LogP contribution in [-0.2, 0) is 19.1 Å². The SMILES string of the molecule is CCCCCOC(=O)/C=C(\Nc1ccc(Cl)c(Cl)c1)C(=O)OCCCCC. The van der Waals surface area contributed by atoms with Crippen LogP contribution in [0.5, 0.6) is 0 Å². The highest BCUT2D eigenvalue weighted by atomic mass is 35.5. The molecule has 27 heavy (non-hydrogen) atoms. The Morgan fingerprint density at radius 2 is 1.59 bits per heavy atom. The van der Waals surface area contributed by atoms with Gasteiger partial charge in [0.05, 0.1) is 29.3 Å². The summed E-state index contributed by atoms with van der Waals surface area (Å²) in [4.78, 5) is 24.4. The van der Waals surface area contributed by atoms with Crippen LogP contribution in [0.3, 0.4) is 0 Å². The first-order valence-electron chi connectivity index (χ1n) is 9.25. The van der Waals surface area contributed by atoms with Crippen molar-refractivity contribution in [2.75, 3.05) is 18.5 Å². The van der Waals surface area contributed by atoms with E-state index >= 15 is 0 Å². The molecule has 0 aliphatic heterocycles. The number of unbranched alkanes of at least 4 members (excludes halogenated alkanes) is 4. The minimum Gasteiger partial charge on any atom is -0.462 e. The Labute approximate surface area is 171 Å². The number of hydrogen-bond donors (Lipinski definition) is 1. The monoisotopic (exact) mass is 415 g/mol. The van der Waals surface area contributed by atoms with Gasteiger partial charge < -0.3 is 14.8 Å².